The summed E-state index contributed by atoms with van der Waals surface area (Å²) >= 11 is 0. The van der Waals surface area contributed by atoms with Gasteiger partial charge in [0.25, 0.3) is 5.62 Å². The largest absolute Gasteiger partial charge is 0.423 e. The highest BCUT2D eigenvalue weighted by molar-refractivity contribution is 5.73. The molecule has 19 heavy (non-hydrogen) atoms. The van der Waals surface area contributed by atoms with Crippen molar-refractivity contribution in [3.05, 3.63) is 16.8 Å². The van der Waals surface area contributed by atoms with Crippen LogP contribution in [-0.2, 0) is 0 Å². The normalized spacial score (nSPS) is 15.4. The van der Waals surface area contributed by atoms with Crippen molar-refractivity contribution >= 4 is 17.7 Å². The van der Waals surface area contributed by atoms with E-state index in [1.165, 1.54) is 6.42 Å². The van der Waals surface area contributed by atoms with Crippen LogP contribution in [0.25, 0.3) is 6.08 Å². The molecule has 1 aliphatic heterocycles. The lowest BCUT2D eigenvalue weighted by atomic mass is 10.1. The monoisotopic (exact) mass is 263 g/mol. The fourth-order valence-corrected chi connectivity index (χ4v) is 2.32. The van der Waals surface area contributed by atoms with Gasteiger partial charge in [-0.05, 0) is 39.2 Å². The molecule has 104 valence electrons. The van der Waals surface area contributed by atoms with Crippen LogP contribution in [0.4, 0.5) is 11.6 Å². The number of piperidine rings is 1. The molecular weight excluding hydrogens is 242 g/mol. The van der Waals surface area contributed by atoms with E-state index in [2.05, 4.69) is 9.88 Å². The maximum atomic E-state index is 9.72. The van der Waals surface area contributed by atoms with E-state index in [-0.39, 0.29) is 11.4 Å². The molecule has 0 atom stereocenters. The van der Waals surface area contributed by atoms with E-state index in [1.54, 1.807) is 0 Å². The number of allylic oxidation sites excluding steroid dienone is 1. The Kier molecular flexibility index (Phi) is 3.78. The highest BCUT2D eigenvalue weighted by Crippen LogP contribution is 2.26. The summed E-state index contributed by atoms with van der Waals surface area (Å²) in [6, 6.07) is 0. The van der Waals surface area contributed by atoms with Crippen molar-refractivity contribution in [3.8, 4) is 0 Å². The Hall–Kier alpha value is -1.98. The van der Waals surface area contributed by atoms with Crippen LogP contribution in [0.1, 0.15) is 38.7 Å². The first-order valence-corrected chi connectivity index (χ1v) is 6.57. The van der Waals surface area contributed by atoms with Crippen molar-refractivity contribution in [3.63, 3.8) is 0 Å². The minimum Gasteiger partial charge on any atom is -0.423 e. The van der Waals surface area contributed by atoms with Gasteiger partial charge in [0.05, 0.1) is 5.56 Å². The Balaban J connectivity index is 2.57. The number of rotatable bonds is 2. The molecule has 0 radical (unpaired) electrons. The molecule has 0 aromatic carbocycles. The van der Waals surface area contributed by atoms with Gasteiger partial charge in [-0.3, -0.25) is 5.41 Å². The first-order valence-electron chi connectivity index (χ1n) is 6.57. The number of nitrogens with zero attached hydrogens (tertiary/aromatic N) is 3. The molecule has 4 N–H and O–H groups in total. The van der Waals surface area contributed by atoms with Crippen molar-refractivity contribution in [2.45, 2.75) is 33.1 Å². The van der Waals surface area contributed by atoms with Crippen molar-refractivity contribution in [2.75, 3.05) is 23.7 Å². The maximum Gasteiger partial charge on any atom is 0.259 e. The summed E-state index contributed by atoms with van der Waals surface area (Å²) in [7, 11) is 0. The molecular formula is C13H21N5O. The summed E-state index contributed by atoms with van der Waals surface area (Å²) in [4.78, 5) is 6.34. The third-order valence-electron chi connectivity index (χ3n) is 3.25. The van der Waals surface area contributed by atoms with Crippen LogP contribution in [0, 0.1) is 5.41 Å². The Bertz CT molecular complexity index is 551. The third kappa shape index (κ3) is 2.72. The molecule has 1 fully saturated rings. The minimum atomic E-state index is -0.232. The minimum absolute atomic E-state index is 0.168. The van der Waals surface area contributed by atoms with E-state index in [4.69, 9.17) is 11.1 Å². The Morgan fingerprint density at radius 1 is 1.32 bits per heavy atom. The van der Waals surface area contributed by atoms with Gasteiger partial charge < -0.3 is 15.8 Å². The highest BCUT2D eigenvalue weighted by atomic mass is 16.5. The van der Waals surface area contributed by atoms with Crippen LogP contribution in [0.2, 0.25) is 0 Å². The van der Waals surface area contributed by atoms with Crippen molar-refractivity contribution in [1.29, 1.82) is 5.41 Å². The van der Waals surface area contributed by atoms with Crippen LogP contribution in [0.15, 0.2) is 5.57 Å². The smallest absolute Gasteiger partial charge is 0.259 e. The van der Waals surface area contributed by atoms with E-state index < -0.39 is 0 Å². The predicted octanol–water partition coefficient (Wildman–Crippen LogP) is 1.60. The second kappa shape index (κ2) is 5.34. The van der Waals surface area contributed by atoms with Crippen LogP contribution < -0.4 is 16.3 Å². The first kappa shape index (κ1) is 13.5. The van der Waals surface area contributed by atoms with E-state index >= 15 is 0 Å². The van der Waals surface area contributed by atoms with Crippen molar-refractivity contribution in [2.24, 2.45) is 0 Å². The van der Waals surface area contributed by atoms with E-state index in [0.29, 0.717) is 16.1 Å². The summed E-state index contributed by atoms with van der Waals surface area (Å²) < 4.78 is 0.627. The number of aromatic nitrogens is 2. The molecule has 0 bridgehead atoms. The van der Waals surface area contributed by atoms with Crippen LogP contribution in [0.5, 0.6) is 0 Å². The molecule has 0 spiro atoms. The van der Waals surface area contributed by atoms with Gasteiger partial charge in [0, 0.05) is 13.1 Å². The molecule has 0 unspecified atom stereocenters. The second-order valence-corrected chi connectivity index (χ2v) is 5.14. The molecule has 6 heteroatoms. The van der Waals surface area contributed by atoms with E-state index in [0.717, 1.165) is 31.5 Å². The second-order valence-electron chi connectivity index (χ2n) is 5.14. The standard InChI is InChI=1S/C13H21N5O/c1-9(2)8-10-11(14)18(19)13(15)16-12(10)17-6-4-3-5-7-17/h8,15,19H,3-7,14H2,1-2H3. The number of hydrogen-bond acceptors (Lipinski definition) is 5. The summed E-state index contributed by atoms with van der Waals surface area (Å²) in [6.45, 7) is 5.78. The zero-order valence-corrected chi connectivity index (χ0v) is 11.5. The number of anilines is 2. The van der Waals surface area contributed by atoms with Gasteiger partial charge in [0.15, 0.2) is 5.82 Å². The molecule has 0 aliphatic carbocycles. The molecule has 1 aromatic rings. The maximum absolute atomic E-state index is 9.72. The average Bonchev–Trinajstić information content (AvgIpc) is 2.40. The fraction of sp³-hybridized carbons (Fsp3) is 0.538. The average molecular weight is 263 g/mol. The lowest BCUT2D eigenvalue weighted by Gasteiger charge is -2.29. The molecule has 0 amide bonds. The predicted molar refractivity (Wildman–Crippen MR) is 75.1 cm³/mol. The lowest BCUT2D eigenvalue weighted by molar-refractivity contribution is 0.171. The number of nitrogen functional groups attached to an aromatic ring is 1. The Morgan fingerprint density at radius 3 is 2.53 bits per heavy atom. The molecule has 0 saturated carbocycles. The molecule has 2 rings (SSSR count). The van der Waals surface area contributed by atoms with Crippen molar-refractivity contribution in [1.82, 2.24) is 9.71 Å². The summed E-state index contributed by atoms with van der Waals surface area (Å²) in [5.41, 5.74) is 7.46. The molecule has 6 nitrogen and oxygen atoms in total. The molecule has 1 aliphatic rings. The first-order chi connectivity index (χ1) is 9.00. The van der Waals surface area contributed by atoms with Gasteiger partial charge in [0.1, 0.15) is 5.82 Å². The van der Waals surface area contributed by atoms with Crippen LogP contribution in [0.3, 0.4) is 0 Å². The summed E-state index contributed by atoms with van der Waals surface area (Å²) in [5.74, 6) is 0.871. The number of hydrogen-bond donors (Lipinski definition) is 3. The van der Waals surface area contributed by atoms with Gasteiger partial charge in [-0.25, -0.2) is 0 Å². The van der Waals surface area contributed by atoms with Gasteiger partial charge in [-0.1, -0.05) is 5.57 Å². The van der Waals surface area contributed by atoms with Gasteiger partial charge in [-0.15, -0.1) is 4.73 Å². The van der Waals surface area contributed by atoms with E-state index in [1.807, 2.05) is 19.9 Å². The molecule has 1 saturated heterocycles. The van der Waals surface area contributed by atoms with Gasteiger partial charge >= 0.3 is 0 Å². The number of nitrogens with one attached hydrogen (secondary N) is 1. The lowest BCUT2D eigenvalue weighted by Crippen LogP contribution is -2.35. The molecule has 2 heterocycles. The quantitative estimate of drug-likeness (QED) is 0.707. The van der Waals surface area contributed by atoms with Crippen LogP contribution in [-0.4, -0.2) is 28.0 Å². The summed E-state index contributed by atoms with van der Waals surface area (Å²) in [6.07, 6.45) is 5.37. The zero-order valence-electron chi connectivity index (χ0n) is 11.5. The number of nitrogens with two attached hydrogens (primary N) is 1. The summed E-state index contributed by atoms with van der Waals surface area (Å²) in [5, 5.41) is 17.4. The topological polar surface area (TPSA) is 91.2 Å². The Morgan fingerprint density at radius 2 is 1.95 bits per heavy atom. The zero-order chi connectivity index (χ0) is 14.0. The Labute approximate surface area is 112 Å². The highest BCUT2D eigenvalue weighted by Gasteiger charge is 2.19. The van der Waals surface area contributed by atoms with Crippen LogP contribution >= 0.6 is 0 Å². The van der Waals surface area contributed by atoms with E-state index in [9.17, 15) is 5.21 Å². The van der Waals surface area contributed by atoms with Crippen molar-refractivity contribution < 1.29 is 5.21 Å². The molecule has 1 aromatic heterocycles. The fourth-order valence-electron chi connectivity index (χ4n) is 2.32. The van der Waals surface area contributed by atoms with Gasteiger partial charge in [0.2, 0.25) is 0 Å². The third-order valence-corrected chi connectivity index (χ3v) is 3.25. The van der Waals surface area contributed by atoms with Gasteiger partial charge in [-0.2, -0.15) is 4.98 Å². The SMILES string of the molecule is CC(C)=Cc1c(N2CCCCC2)nc(=N)n(O)c1N.